The zero-order valence-corrected chi connectivity index (χ0v) is 16.5. The Balaban J connectivity index is 1.96. The summed E-state index contributed by atoms with van der Waals surface area (Å²) in [6.45, 7) is -1.27. The predicted octanol–water partition coefficient (Wildman–Crippen LogP) is 3.36. The summed E-state index contributed by atoms with van der Waals surface area (Å²) in [5.74, 6) is 0.148. The SMILES string of the molecule is C=P(c1ccccc1)(c1ccccc1)c1ccccc1C1CCN(C)C1=O. The van der Waals surface area contributed by atoms with Crippen LogP contribution in [0.1, 0.15) is 17.9 Å². The Bertz CT molecular complexity index is 954. The summed E-state index contributed by atoms with van der Waals surface area (Å²) in [4.78, 5) is 14.6. The predicted molar refractivity (Wildman–Crippen MR) is 117 cm³/mol. The monoisotopic (exact) mass is 373 g/mol. The van der Waals surface area contributed by atoms with E-state index in [0.29, 0.717) is 0 Å². The van der Waals surface area contributed by atoms with Crippen molar-refractivity contribution in [3.8, 4) is 0 Å². The quantitative estimate of drug-likeness (QED) is 0.642. The average molecular weight is 373 g/mol. The molecule has 0 bridgehead atoms. The van der Waals surface area contributed by atoms with Crippen molar-refractivity contribution in [2.75, 3.05) is 13.6 Å². The molecule has 3 aromatic carbocycles. The fourth-order valence-corrected chi connectivity index (χ4v) is 7.26. The van der Waals surface area contributed by atoms with E-state index in [2.05, 4.69) is 66.7 Å². The molecule has 0 N–H and O–H groups in total. The third kappa shape index (κ3) is 3.05. The van der Waals surface area contributed by atoms with Gasteiger partial charge in [0.2, 0.25) is 5.91 Å². The highest BCUT2D eigenvalue weighted by Gasteiger charge is 2.34. The van der Waals surface area contributed by atoms with E-state index in [-0.39, 0.29) is 11.8 Å². The molecule has 1 amide bonds. The number of nitrogens with zero attached hydrogens (tertiary/aromatic N) is 1. The molecule has 27 heavy (non-hydrogen) atoms. The topological polar surface area (TPSA) is 20.3 Å². The molecule has 2 nitrogen and oxygen atoms in total. The molecule has 0 saturated carbocycles. The van der Waals surface area contributed by atoms with E-state index in [1.807, 2.05) is 30.1 Å². The number of carbonyl (C=O) groups excluding carboxylic acids is 1. The maximum absolute atomic E-state index is 12.8. The van der Waals surface area contributed by atoms with Crippen LogP contribution in [0.15, 0.2) is 84.9 Å². The number of rotatable bonds is 4. The number of hydrogen-bond acceptors (Lipinski definition) is 1. The molecule has 136 valence electrons. The van der Waals surface area contributed by atoms with Crippen LogP contribution in [0, 0.1) is 0 Å². The van der Waals surface area contributed by atoms with Gasteiger partial charge in [0.15, 0.2) is 0 Å². The van der Waals surface area contributed by atoms with Crippen LogP contribution >= 0.6 is 6.89 Å². The molecule has 4 rings (SSSR count). The lowest BCUT2D eigenvalue weighted by atomic mass is 9.98. The lowest BCUT2D eigenvalue weighted by Crippen LogP contribution is -2.30. The van der Waals surface area contributed by atoms with Crippen LogP contribution in [0.5, 0.6) is 0 Å². The van der Waals surface area contributed by atoms with Gasteiger partial charge < -0.3 is 4.90 Å². The van der Waals surface area contributed by atoms with Crippen molar-refractivity contribution in [2.45, 2.75) is 12.3 Å². The first kappa shape index (κ1) is 17.8. The van der Waals surface area contributed by atoms with Crippen LogP contribution in [0.3, 0.4) is 0 Å². The summed E-state index contributed by atoms with van der Waals surface area (Å²) in [6.07, 6.45) is 5.71. The summed E-state index contributed by atoms with van der Waals surface area (Å²) < 4.78 is 0. The summed E-state index contributed by atoms with van der Waals surface area (Å²) in [5.41, 5.74) is 1.14. The Labute approximate surface area is 161 Å². The lowest BCUT2D eigenvalue weighted by molar-refractivity contribution is -0.127. The number of likely N-dealkylation sites (tertiary alicyclic amines) is 1. The van der Waals surface area contributed by atoms with E-state index < -0.39 is 6.89 Å². The van der Waals surface area contributed by atoms with Crippen LogP contribution in [-0.4, -0.2) is 30.7 Å². The van der Waals surface area contributed by atoms with Gasteiger partial charge in [0, 0.05) is 13.6 Å². The zero-order valence-electron chi connectivity index (χ0n) is 15.6. The molecule has 1 aliphatic heterocycles. The van der Waals surface area contributed by atoms with Gasteiger partial charge >= 0.3 is 0 Å². The molecule has 0 spiro atoms. The Morgan fingerprint density at radius 1 is 0.852 bits per heavy atom. The fourth-order valence-electron chi connectivity index (χ4n) is 4.03. The molecule has 0 radical (unpaired) electrons. The minimum absolute atomic E-state index is 0.0697. The molecule has 1 saturated heterocycles. The minimum atomic E-state index is -2.08. The summed E-state index contributed by atoms with van der Waals surface area (Å²) in [6, 6.07) is 29.5. The zero-order chi connectivity index (χ0) is 18.9. The van der Waals surface area contributed by atoms with E-state index in [0.717, 1.165) is 18.5 Å². The van der Waals surface area contributed by atoms with Crippen LogP contribution < -0.4 is 15.9 Å². The first-order valence-electron chi connectivity index (χ1n) is 9.31. The maximum Gasteiger partial charge on any atom is 0.229 e. The van der Waals surface area contributed by atoms with E-state index >= 15 is 0 Å². The van der Waals surface area contributed by atoms with Crippen molar-refractivity contribution >= 4 is 35.0 Å². The molecule has 1 unspecified atom stereocenters. The van der Waals surface area contributed by atoms with Crippen LogP contribution in [0.2, 0.25) is 0 Å². The second kappa shape index (κ2) is 7.21. The van der Waals surface area contributed by atoms with Crippen molar-refractivity contribution in [1.82, 2.24) is 4.90 Å². The van der Waals surface area contributed by atoms with Gasteiger partial charge in [0.1, 0.15) is 0 Å². The van der Waals surface area contributed by atoms with Gasteiger partial charge in [-0.05, 0) is 34.8 Å². The number of likely N-dealkylation sites (N-methyl/N-ethyl adjacent to an activating group) is 1. The third-order valence-electron chi connectivity index (χ3n) is 5.54. The highest BCUT2D eigenvalue weighted by Crippen LogP contribution is 2.44. The number of hydrogen-bond donors (Lipinski definition) is 0. The van der Waals surface area contributed by atoms with E-state index in [9.17, 15) is 4.79 Å². The summed E-state index contributed by atoms with van der Waals surface area (Å²) in [7, 11) is 1.89. The molecule has 0 aromatic heterocycles. The molecule has 1 heterocycles. The molecule has 1 aliphatic rings. The molecular weight excluding hydrogens is 349 g/mol. The van der Waals surface area contributed by atoms with Crippen molar-refractivity contribution in [2.24, 2.45) is 0 Å². The molecule has 0 aliphatic carbocycles. The Hall–Kier alpha value is -2.57. The number of carbonyl (C=O) groups is 1. The summed E-state index contributed by atoms with van der Waals surface area (Å²) >= 11 is 0. The first-order valence-corrected chi connectivity index (χ1v) is 11.3. The van der Waals surface area contributed by atoms with Crippen LogP contribution in [0.4, 0.5) is 0 Å². The second-order valence-corrected chi connectivity index (χ2v) is 10.3. The Kier molecular flexibility index (Phi) is 4.76. The molecule has 1 fully saturated rings. The minimum Gasteiger partial charge on any atom is -0.345 e. The third-order valence-corrected chi connectivity index (χ3v) is 9.13. The summed E-state index contributed by atoms with van der Waals surface area (Å²) in [5, 5.41) is 3.70. The van der Waals surface area contributed by atoms with Crippen LogP contribution in [0.25, 0.3) is 0 Å². The fraction of sp³-hybridized carbons (Fsp3) is 0.167. The number of benzene rings is 3. The molecule has 3 aromatic rings. The average Bonchev–Trinajstić information content (AvgIpc) is 3.07. The van der Waals surface area contributed by atoms with Gasteiger partial charge in [-0.25, -0.2) is 0 Å². The van der Waals surface area contributed by atoms with Crippen LogP contribution in [-0.2, 0) is 4.79 Å². The molecular formula is C24H24NOP. The smallest absolute Gasteiger partial charge is 0.229 e. The van der Waals surface area contributed by atoms with Crippen molar-refractivity contribution in [1.29, 1.82) is 0 Å². The van der Waals surface area contributed by atoms with E-state index in [1.165, 1.54) is 15.9 Å². The largest absolute Gasteiger partial charge is 0.345 e. The van der Waals surface area contributed by atoms with Gasteiger partial charge in [-0.3, -0.25) is 4.79 Å². The van der Waals surface area contributed by atoms with Gasteiger partial charge in [0.25, 0.3) is 0 Å². The highest BCUT2D eigenvalue weighted by molar-refractivity contribution is 7.93. The van der Waals surface area contributed by atoms with E-state index in [4.69, 9.17) is 6.30 Å². The maximum atomic E-state index is 12.8. The molecule has 3 heteroatoms. The van der Waals surface area contributed by atoms with Crippen molar-refractivity contribution < 1.29 is 4.79 Å². The van der Waals surface area contributed by atoms with Gasteiger partial charge in [0.05, 0.1) is 5.92 Å². The number of amides is 1. The van der Waals surface area contributed by atoms with Gasteiger partial charge in [-0.2, -0.15) is 0 Å². The normalized spacial score (nSPS) is 17.3. The molecule has 1 atom stereocenters. The standard InChI is InChI=1S/C24H24NOP/c1-25-18-17-22(24(25)26)21-15-9-10-16-23(21)27(2,19-11-5-3-6-12-19)20-13-7-4-8-14-20/h3-16,22H,2,17-18H2,1H3. The lowest BCUT2D eigenvalue weighted by Gasteiger charge is -2.30. The second-order valence-electron chi connectivity index (χ2n) is 7.14. The van der Waals surface area contributed by atoms with Gasteiger partial charge in [-0.1, -0.05) is 91.2 Å². The van der Waals surface area contributed by atoms with Gasteiger partial charge in [-0.15, -0.1) is 0 Å². The Morgan fingerprint density at radius 3 is 1.89 bits per heavy atom. The van der Waals surface area contributed by atoms with Crippen molar-refractivity contribution in [3.63, 3.8) is 0 Å². The highest BCUT2D eigenvalue weighted by atomic mass is 31.2. The van der Waals surface area contributed by atoms with E-state index in [1.54, 1.807) is 0 Å². The Morgan fingerprint density at radius 2 is 1.37 bits per heavy atom. The first-order chi connectivity index (χ1) is 13.1. The van der Waals surface area contributed by atoms with Crippen molar-refractivity contribution in [3.05, 3.63) is 90.5 Å².